The van der Waals surface area contributed by atoms with Gasteiger partial charge >= 0.3 is 0 Å². The van der Waals surface area contributed by atoms with E-state index in [0.29, 0.717) is 35.5 Å². The van der Waals surface area contributed by atoms with E-state index in [1.807, 2.05) is 0 Å². The van der Waals surface area contributed by atoms with Gasteiger partial charge in [0.05, 0.1) is 17.8 Å². The Bertz CT molecular complexity index is 876. The lowest BCUT2D eigenvalue weighted by atomic mass is 9.56. The van der Waals surface area contributed by atoms with Crippen LogP contribution in [0.3, 0.4) is 0 Å². The van der Waals surface area contributed by atoms with Gasteiger partial charge in [-0.3, -0.25) is 4.79 Å². The molecule has 2 heterocycles. The molecule has 0 bridgehead atoms. The second kappa shape index (κ2) is 6.77. The molecule has 2 aliphatic heterocycles. The molecule has 2 saturated heterocycles. The number of hydrogen-bond donors (Lipinski definition) is 2. The van der Waals surface area contributed by atoms with Crippen molar-refractivity contribution in [1.29, 1.82) is 0 Å². The number of fused-ring (bicyclic) bond motifs is 6. The number of piperidine rings is 1. The molecule has 6 aliphatic rings. The fourth-order valence-electron chi connectivity index (χ4n) is 8.93. The number of aliphatic hydroxyl groups is 1. The van der Waals surface area contributed by atoms with E-state index in [1.54, 1.807) is 0 Å². The molecular weight excluding hydrogens is 386 g/mol. The summed E-state index contributed by atoms with van der Waals surface area (Å²) in [6.07, 6.45) is 9.23. The van der Waals surface area contributed by atoms with E-state index >= 15 is 0 Å². The fraction of sp³-hybridized carbons (Fsp3) is 0.815. The summed E-state index contributed by atoms with van der Waals surface area (Å²) in [5, 5.41) is 14.0. The van der Waals surface area contributed by atoms with Gasteiger partial charge < -0.3 is 15.2 Å². The standard InChI is InChI=1S/C27H39NO3/c1-14-11-21-24(28-13-14)16(3)27(31-21)10-8-19-20-6-5-17-12-18(29)7-9-26(17,4)23(20)25(30)22(19)15(27)2/h5,14,16,18-21,23-24,28-29H,6-13H2,1-4H3/t14-,16+,18+,19-,20-,21+,23+,24-,26-,27-/m0/s1. The second-order valence-electron chi connectivity index (χ2n) is 12.1. The van der Waals surface area contributed by atoms with E-state index in [4.69, 9.17) is 4.74 Å². The van der Waals surface area contributed by atoms with E-state index in [0.717, 1.165) is 57.1 Å². The number of allylic oxidation sites excluding steroid dienone is 2. The van der Waals surface area contributed by atoms with Crippen LogP contribution in [0, 0.1) is 35.0 Å². The number of Topliss-reactive ketones (excluding diaryl/α,β-unsaturated/α-hetero) is 1. The molecule has 4 heteroatoms. The molecule has 31 heavy (non-hydrogen) atoms. The van der Waals surface area contributed by atoms with Crippen LogP contribution in [-0.2, 0) is 9.53 Å². The van der Waals surface area contributed by atoms with E-state index in [1.165, 1.54) is 11.1 Å². The van der Waals surface area contributed by atoms with Crippen molar-refractivity contribution in [3.05, 3.63) is 22.8 Å². The topological polar surface area (TPSA) is 58.6 Å². The van der Waals surface area contributed by atoms with Crippen molar-refractivity contribution in [1.82, 2.24) is 5.32 Å². The highest BCUT2D eigenvalue weighted by atomic mass is 16.5. The highest BCUT2D eigenvalue weighted by Crippen LogP contribution is 2.63. The third-order valence-electron chi connectivity index (χ3n) is 10.6. The summed E-state index contributed by atoms with van der Waals surface area (Å²) in [5.41, 5.74) is 3.43. The largest absolute Gasteiger partial charge is 0.393 e. The van der Waals surface area contributed by atoms with Gasteiger partial charge in [0, 0.05) is 23.5 Å². The number of hydrogen-bond acceptors (Lipinski definition) is 4. The van der Waals surface area contributed by atoms with E-state index in [2.05, 4.69) is 39.1 Å². The molecule has 0 amide bonds. The first-order valence-electron chi connectivity index (χ1n) is 12.8. The third-order valence-corrected chi connectivity index (χ3v) is 10.6. The molecule has 2 saturated carbocycles. The summed E-state index contributed by atoms with van der Waals surface area (Å²) in [6, 6.07) is 0.410. The molecule has 0 unspecified atom stereocenters. The summed E-state index contributed by atoms with van der Waals surface area (Å²) in [6.45, 7) is 10.3. The number of nitrogens with one attached hydrogen (secondary N) is 1. The number of carbonyl (C=O) groups excluding carboxylic acids is 1. The minimum Gasteiger partial charge on any atom is -0.393 e. The molecule has 2 N–H and O–H groups in total. The Morgan fingerprint density at radius 2 is 2.03 bits per heavy atom. The molecule has 0 aromatic heterocycles. The Kier molecular flexibility index (Phi) is 4.51. The smallest absolute Gasteiger partial charge is 0.163 e. The average Bonchev–Trinajstić information content (AvgIpc) is 3.18. The maximum atomic E-state index is 14.1. The molecule has 0 radical (unpaired) electrons. The Hall–Kier alpha value is -0.970. The molecule has 4 aliphatic carbocycles. The lowest BCUT2D eigenvalue weighted by molar-refractivity contribution is -0.123. The number of ether oxygens (including phenoxy) is 1. The van der Waals surface area contributed by atoms with Crippen LogP contribution in [0.15, 0.2) is 22.8 Å². The Morgan fingerprint density at radius 3 is 2.84 bits per heavy atom. The van der Waals surface area contributed by atoms with Crippen LogP contribution in [0.1, 0.15) is 72.6 Å². The van der Waals surface area contributed by atoms with Gasteiger partial charge in [-0.15, -0.1) is 0 Å². The predicted molar refractivity (Wildman–Crippen MR) is 120 cm³/mol. The van der Waals surface area contributed by atoms with Gasteiger partial charge in [-0.1, -0.05) is 32.4 Å². The van der Waals surface area contributed by atoms with Gasteiger partial charge in [-0.05, 0) is 87.2 Å². The predicted octanol–water partition coefficient (Wildman–Crippen LogP) is 4.18. The Labute approximate surface area is 186 Å². The maximum absolute atomic E-state index is 14.1. The Morgan fingerprint density at radius 1 is 1.23 bits per heavy atom. The van der Waals surface area contributed by atoms with Gasteiger partial charge in [-0.25, -0.2) is 0 Å². The molecule has 0 aromatic rings. The molecule has 10 atom stereocenters. The van der Waals surface area contributed by atoms with E-state index in [-0.39, 0.29) is 29.1 Å². The maximum Gasteiger partial charge on any atom is 0.163 e. The number of carbonyl (C=O) groups is 1. The number of aliphatic hydroxyl groups excluding tert-OH is 1. The lowest BCUT2D eigenvalue weighted by Crippen LogP contribution is -2.49. The van der Waals surface area contributed by atoms with E-state index in [9.17, 15) is 9.90 Å². The zero-order valence-corrected chi connectivity index (χ0v) is 19.6. The minimum atomic E-state index is -0.263. The monoisotopic (exact) mass is 425 g/mol. The number of ketones is 1. The van der Waals surface area contributed by atoms with Gasteiger partial charge in [0.2, 0.25) is 0 Å². The van der Waals surface area contributed by atoms with E-state index < -0.39 is 0 Å². The van der Waals surface area contributed by atoms with Crippen LogP contribution >= 0.6 is 0 Å². The van der Waals surface area contributed by atoms with Crippen molar-refractivity contribution in [2.45, 2.75) is 96.5 Å². The average molecular weight is 426 g/mol. The van der Waals surface area contributed by atoms with Crippen LogP contribution in [0.5, 0.6) is 0 Å². The summed E-state index contributed by atoms with van der Waals surface area (Å²) in [7, 11) is 0. The van der Waals surface area contributed by atoms with Gasteiger partial charge in [0.1, 0.15) is 0 Å². The normalized spacial score (nSPS) is 53.7. The third kappa shape index (κ3) is 2.62. The molecular formula is C27H39NO3. The number of rotatable bonds is 0. The van der Waals surface area contributed by atoms with Gasteiger partial charge in [-0.2, -0.15) is 0 Å². The first-order valence-corrected chi connectivity index (χ1v) is 12.8. The van der Waals surface area contributed by atoms with Crippen LogP contribution < -0.4 is 5.32 Å². The zero-order chi connectivity index (χ0) is 21.7. The van der Waals surface area contributed by atoms with Crippen LogP contribution in [0.25, 0.3) is 0 Å². The van der Waals surface area contributed by atoms with Gasteiger partial charge in [0.15, 0.2) is 5.78 Å². The zero-order valence-electron chi connectivity index (χ0n) is 19.6. The highest BCUT2D eigenvalue weighted by molar-refractivity contribution is 6.02. The van der Waals surface area contributed by atoms with Crippen LogP contribution in [0.4, 0.5) is 0 Å². The van der Waals surface area contributed by atoms with Crippen molar-refractivity contribution in [3.8, 4) is 0 Å². The molecule has 6 rings (SSSR count). The quantitative estimate of drug-likeness (QED) is 0.572. The van der Waals surface area contributed by atoms with Crippen LogP contribution in [-0.4, -0.2) is 41.3 Å². The second-order valence-corrected chi connectivity index (χ2v) is 12.1. The summed E-state index contributed by atoms with van der Waals surface area (Å²) < 4.78 is 6.93. The molecule has 170 valence electrons. The molecule has 4 fully saturated rings. The summed E-state index contributed by atoms with van der Waals surface area (Å²) in [5.74, 6) is 2.41. The SMILES string of the molecule is CC1=C2C(=O)[C@H]3[C@@H](CC=C4C[C@H](O)CC[C@@]43C)[C@@H]2CC[C@]12O[C@@H]1C[C@H](C)CN[C@H]1[C@H]2C. The highest BCUT2D eigenvalue weighted by Gasteiger charge is 2.63. The van der Waals surface area contributed by atoms with Crippen molar-refractivity contribution in [2.24, 2.45) is 35.0 Å². The van der Waals surface area contributed by atoms with Crippen molar-refractivity contribution in [3.63, 3.8) is 0 Å². The van der Waals surface area contributed by atoms with Crippen molar-refractivity contribution < 1.29 is 14.6 Å². The summed E-state index contributed by atoms with van der Waals surface area (Å²) >= 11 is 0. The van der Waals surface area contributed by atoms with Gasteiger partial charge in [0.25, 0.3) is 0 Å². The Balaban J connectivity index is 1.39. The molecule has 4 nitrogen and oxygen atoms in total. The van der Waals surface area contributed by atoms with Crippen molar-refractivity contribution >= 4 is 5.78 Å². The van der Waals surface area contributed by atoms with Crippen molar-refractivity contribution in [2.75, 3.05) is 6.54 Å². The molecule has 0 aromatic carbocycles. The first kappa shape index (κ1) is 20.6. The fourth-order valence-corrected chi connectivity index (χ4v) is 8.93. The summed E-state index contributed by atoms with van der Waals surface area (Å²) in [4.78, 5) is 14.1. The lowest BCUT2D eigenvalue weighted by Gasteiger charge is -2.48. The van der Waals surface area contributed by atoms with Crippen LogP contribution in [0.2, 0.25) is 0 Å². The molecule has 1 spiro atoms. The first-order chi connectivity index (χ1) is 14.8. The minimum absolute atomic E-state index is 0.0653.